The Bertz CT molecular complexity index is 298. The number of hydrogen-bond acceptors (Lipinski definition) is 3. The molecule has 96 valence electrons. The lowest BCUT2D eigenvalue weighted by Gasteiger charge is -2.17. The van der Waals surface area contributed by atoms with E-state index in [-0.39, 0.29) is 0 Å². The monoisotopic (exact) mass is 237 g/mol. The van der Waals surface area contributed by atoms with Crippen molar-refractivity contribution >= 4 is 0 Å². The highest BCUT2D eigenvalue weighted by Crippen LogP contribution is 2.19. The zero-order valence-electron chi connectivity index (χ0n) is 11.0. The largest absolute Gasteiger partial charge is 0.497 e. The van der Waals surface area contributed by atoms with Gasteiger partial charge in [0.1, 0.15) is 5.75 Å². The van der Waals surface area contributed by atoms with Crippen molar-refractivity contribution in [3.8, 4) is 5.75 Å². The van der Waals surface area contributed by atoms with E-state index in [1.165, 1.54) is 5.56 Å². The highest BCUT2D eigenvalue weighted by atomic mass is 16.5. The van der Waals surface area contributed by atoms with Crippen LogP contribution in [0.15, 0.2) is 24.3 Å². The molecular weight excluding hydrogens is 214 g/mol. The van der Waals surface area contributed by atoms with Crippen LogP contribution in [0.2, 0.25) is 0 Å². The summed E-state index contributed by atoms with van der Waals surface area (Å²) in [4.78, 5) is 0. The standard InChI is InChI=1S/C14H23NO2/c1-4-14(15-10-11-17-5-2)12-6-8-13(16-3)9-7-12/h6-9,14-15H,4-5,10-11H2,1-3H3. The van der Waals surface area contributed by atoms with Gasteiger partial charge in [-0.15, -0.1) is 0 Å². The minimum atomic E-state index is 0.390. The van der Waals surface area contributed by atoms with Gasteiger partial charge in [-0.1, -0.05) is 19.1 Å². The van der Waals surface area contributed by atoms with E-state index in [1.54, 1.807) is 7.11 Å². The quantitative estimate of drug-likeness (QED) is 0.705. The fourth-order valence-corrected chi connectivity index (χ4v) is 1.78. The Morgan fingerprint density at radius 1 is 1.18 bits per heavy atom. The molecule has 1 atom stereocenters. The third-order valence-corrected chi connectivity index (χ3v) is 2.77. The van der Waals surface area contributed by atoms with Gasteiger partial charge in [-0.05, 0) is 31.0 Å². The maximum Gasteiger partial charge on any atom is 0.118 e. The van der Waals surface area contributed by atoms with E-state index in [0.717, 1.165) is 31.9 Å². The van der Waals surface area contributed by atoms with Gasteiger partial charge in [0.2, 0.25) is 0 Å². The van der Waals surface area contributed by atoms with Crippen molar-refractivity contribution in [2.75, 3.05) is 26.9 Å². The molecule has 1 unspecified atom stereocenters. The van der Waals surface area contributed by atoms with Gasteiger partial charge in [-0.2, -0.15) is 0 Å². The van der Waals surface area contributed by atoms with Gasteiger partial charge in [0.25, 0.3) is 0 Å². The molecule has 0 aliphatic rings. The summed E-state index contributed by atoms with van der Waals surface area (Å²) in [6, 6.07) is 8.62. The van der Waals surface area contributed by atoms with Gasteiger partial charge >= 0.3 is 0 Å². The Morgan fingerprint density at radius 3 is 2.41 bits per heavy atom. The van der Waals surface area contributed by atoms with E-state index in [2.05, 4.69) is 24.4 Å². The molecule has 1 N–H and O–H groups in total. The summed E-state index contributed by atoms with van der Waals surface area (Å²) in [6.07, 6.45) is 1.07. The number of benzene rings is 1. The summed E-state index contributed by atoms with van der Waals surface area (Å²) in [7, 11) is 1.69. The topological polar surface area (TPSA) is 30.5 Å². The molecule has 0 bridgehead atoms. The van der Waals surface area contributed by atoms with Crippen LogP contribution >= 0.6 is 0 Å². The molecule has 0 aromatic heterocycles. The third-order valence-electron chi connectivity index (χ3n) is 2.77. The lowest BCUT2D eigenvalue weighted by molar-refractivity contribution is 0.146. The molecule has 0 saturated carbocycles. The van der Waals surface area contributed by atoms with Gasteiger partial charge in [-0.3, -0.25) is 0 Å². The van der Waals surface area contributed by atoms with Crippen molar-refractivity contribution in [2.24, 2.45) is 0 Å². The first-order valence-corrected chi connectivity index (χ1v) is 6.26. The van der Waals surface area contributed by atoms with Crippen LogP contribution < -0.4 is 10.1 Å². The average molecular weight is 237 g/mol. The lowest BCUT2D eigenvalue weighted by atomic mass is 10.0. The molecule has 3 nitrogen and oxygen atoms in total. The third kappa shape index (κ3) is 4.75. The molecular formula is C14H23NO2. The number of rotatable bonds is 8. The summed E-state index contributed by atoms with van der Waals surface area (Å²) < 4.78 is 10.5. The van der Waals surface area contributed by atoms with Crippen LogP contribution in [0.1, 0.15) is 31.9 Å². The highest BCUT2D eigenvalue weighted by molar-refractivity contribution is 5.29. The smallest absolute Gasteiger partial charge is 0.118 e. The van der Waals surface area contributed by atoms with Crippen LogP contribution in [-0.4, -0.2) is 26.9 Å². The molecule has 1 aromatic carbocycles. The van der Waals surface area contributed by atoms with Gasteiger partial charge in [-0.25, -0.2) is 0 Å². The normalized spacial score (nSPS) is 12.4. The van der Waals surface area contributed by atoms with Crippen molar-refractivity contribution in [2.45, 2.75) is 26.3 Å². The zero-order valence-corrected chi connectivity index (χ0v) is 11.0. The molecule has 17 heavy (non-hydrogen) atoms. The number of nitrogens with one attached hydrogen (secondary N) is 1. The van der Waals surface area contributed by atoms with Crippen LogP contribution in [0.5, 0.6) is 5.75 Å². The molecule has 0 fully saturated rings. The molecule has 0 heterocycles. The van der Waals surface area contributed by atoms with Crippen molar-refractivity contribution in [3.63, 3.8) is 0 Å². The van der Waals surface area contributed by atoms with Crippen LogP contribution in [0.25, 0.3) is 0 Å². The van der Waals surface area contributed by atoms with Crippen LogP contribution in [0, 0.1) is 0 Å². The Hall–Kier alpha value is -1.06. The van der Waals surface area contributed by atoms with Crippen molar-refractivity contribution in [1.29, 1.82) is 0 Å². The Labute approximate surface area is 104 Å². The van der Waals surface area contributed by atoms with E-state index >= 15 is 0 Å². The molecule has 1 aromatic rings. The Kier molecular flexibility index (Phi) is 6.67. The van der Waals surface area contributed by atoms with Gasteiger partial charge in [0.05, 0.1) is 13.7 Å². The fourth-order valence-electron chi connectivity index (χ4n) is 1.78. The maximum absolute atomic E-state index is 5.32. The first kappa shape index (κ1) is 14.0. The lowest BCUT2D eigenvalue weighted by Crippen LogP contribution is -2.24. The summed E-state index contributed by atoms with van der Waals surface area (Å²) in [5.41, 5.74) is 1.30. The molecule has 0 aliphatic heterocycles. The summed E-state index contributed by atoms with van der Waals surface area (Å²) in [5, 5.41) is 3.49. The molecule has 0 spiro atoms. The SMILES string of the molecule is CCOCCNC(CC)c1ccc(OC)cc1. The molecule has 0 aliphatic carbocycles. The second kappa shape index (κ2) is 8.09. The predicted octanol–water partition coefficient (Wildman–Crippen LogP) is 2.77. The average Bonchev–Trinajstić information content (AvgIpc) is 2.39. The molecule has 3 heteroatoms. The van der Waals surface area contributed by atoms with E-state index < -0.39 is 0 Å². The van der Waals surface area contributed by atoms with Crippen molar-refractivity contribution in [1.82, 2.24) is 5.32 Å². The molecule has 1 rings (SSSR count). The first-order chi connectivity index (χ1) is 8.31. The number of ether oxygens (including phenoxy) is 2. The van der Waals surface area contributed by atoms with E-state index in [9.17, 15) is 0 Å². The van der Waals surface area contributed by atoms with Gasteiger partial charge < -0.3 is 14.8 Å². The second-order valence-corrected chi connectivity index (χ2v) is 3.89. The Balaban J connectivity index is 2.47. The summed E-state index contributed by atoms with van der Waals surface area (Å²) in [6.45, 7) is 6.63. The van der Waals surface area contributed by atoms with E-state index in [0.29, 0.717) is 6.04 Å². The highest BCUT2D eigenvalue weighted by Gasteiger charge is 2.07. The summed E-state index contributed by atoms with van der Waals surface area (Å²) >= 11 is 0. The van der Waals surface area contributed by atoms with E-state index in [4.69, 9.17) is 9.47 Å². The van der Waals surface area contributed by atoms with Crippen LogP contribution in [0.4, 0.5) is 0 Å². The first-order valence-electron chi connectivity index (χ1n) is 6.26. The maximum atomic E-state index is 5.32. The summed E-state index contributed by atoms with van der Waals surface area (Å²) in [5.74, 6) is 0.901. The zero-order chi connectivity index (χ0) is 12.5. The molecule has 0 radical (unpaired) electrons. The van der Waals surface area contributed by atoms with E-state index in [1.807, 2.05) is 19.1 Å². The number of methoxy groups -OCH3 is 1. The minimum absolute atomic E-state index is 0.390. The van der Waals surface area contributed by atoms with Gasteiger partial charge in [0.15, 0.2) is 0 Å². The van der Waals surface area contributed by atoms with Crippen LogP contribution in [0.3, 0.4) is 0 Å². The molecule has 0 saturated heterocycles. The number of hydrogen-bond donors (Lipinski definition) is 1. The van der Waals surface area contributed by atoms with Crippen molar-refractivity contribution < 1.29 is 9.47 Å². The second-order valence-electron chi connectivity index (χ2n) is 3.89. The fraction of sp³-hybridized carbons (Fsp3) is 0.571. The van der Waals surface area contributed by atoms with Crippen LogP contribution in [-0.2, 0) is 4.74 Å². The Morgan fingerprint density at radius 2 is 1.88 bits per heavy atom. The van der Waals surface area contributed by atoms with Gasteiger partial charge in [0, 0.05) is 19.2 Å². The molecule has 0 amide bonds. The van der Waals surface area contributed by atoms with Crippen molar-refractivity contribution in [3.05, 3.63) is 29.8 Å². The predicted molar refractivity (Wildman–Crippen MR) is 70.5 cm³/mol. The minimum Gasteiger partial charge on any atom is -0.497 e.